The number of nitrogens with one attached hydrogen (secondary N) is 1. The molecule has 1 fully saturated rings. The van der Waals surface area contributed by atoms with Crippen LogP contribution in [0, 0.1) is 5.92 Å². The van der Waals surface area contributed by atoms with E-state index in [0.717, 1.165) is 30.8 Å². The fraction of sp³-hybridized carbons (Fsp3) is 0.611. The third kappa shape index (κ3) is 4.15. The van der Waals surface area contributed by atoms with Crippen LogP contribution < -0.4 is 10.1 Å². The van der Waals surface area contributed by atoms with Crippen LogP contribution >= 0.6 is 0 Å². The number of carbonyl (C=O) groups excluding carboxylic acids is 1. The average molecular weight is 304 g/mol. The summed E-state index contributed by atoms with van der Waals surface area (Å²) in [4.78, 5) is 15.0. The molecule has 1 aromatic carbocycles. The molecule has 0 unspecified atom stereocenters. The summed E-state index contributed by atoms with van der Waals surface area (Å²) in [6, 6.07) is 8.12. The van der Waals surface area contributed by atoms with Gasteiger partial charge in [-0.25, -0.2) is 0 Å². The number of amides is 1. The summed E-state index contributed by atoms with van der Waals surface area (Å²) in [6.45, 7) is 9.06. The lowest BCUT2D eigenvalue weighted by atomic mass is 10.0. The first-order chi connectivity index (χ1) is 10.3. The Bertz CT molecular complexity index is 504. The van der Waals surface area contributed by atoms with Crippen LogP contribution in [0.1, 0.15) is 40.5 Å². The van der Waals surface area contributed by atoms with Crippen LogP contribution in [-0.4, -0.2) is 36.0 Å². The van der Waals surface area contributed by atoms with Crippen LogP contribution in [0.5, 0.6) is 5.75 Å². The van der Waals surface area contributed by atoms with Crippen molar-refractivity contribution in [2.75, 3.05) is 19.0 Å². The zero-order chi connectivity index (χ0) is 16.3. The van der Waals surface area contributed by atoms with Crippen LogP contribution in [0.25, 0.3) is 0 Å². The zero-order valence-electron chi connectivity index (χ0n) is 14.3. The van der Waals surface area contributed by atoms with Gasteiger partial charge in [-0.3, -0.25) is 4.79 Å². The van der Waals surface area contributed by atoms with E-state index < -0.39 is 5.54 Å². The van der Waals surface area contributed by atoms with Crippen molar-refractivity contribution in [1.29, 1.82) is 0 Å². The number of carbonyl (C=O) groups is 1. The standard InChI is InChI=1S/C18H28N2O2/c1-13(2)12-20(15-8-9-15)17(21)18(3,4)19-14-6-10-16(22-5)11-7-14/h6-7,10-11,13,15,19H,8-9,12H2,1-5H3. The molecular formula is C18H28N2O2. The lowest BCUT2D eigenvalue weighted by Gasteiger charge is -2.34. The summed E-state index contributed by atoms with van der Waals surface area (Å²) in [5.74, 6) is 1.48. The van der Waals surface area contributed by atoms with E-state index in [1.807, 2.05) is 38.1 Å². The van der Waals surface area contributed by atoms with Gasteiger partial charge in [0.15, 0.2) is 0 Å². The number of rotatable bonds is 7. The molecule has 22 heavy (non-hydrogen) atoms. The van der Waals surface area contributed by atoms with Gasteiger partial charge in [0.1, 0.15) is 11.3 Å². The van der Waals surface area contributed by atoms with Gasteiger partial charge in [-0.2, -0.15) is 0 Å². The topological polar surface area (TPSA) is 41.6 Å². The van der Waals surface area contributed by atoms with Crippen molar-refractivity contribution in [3.05, 3.63) is 24.3 Å². The van der Waals surface area contributed by atoms with Crippen LogP contribution in [0.2, 0.25) is 0 Å². The van der Waals surface area contributed by atoms with E-state index >= 15 is 0 Å². The second kappa shape index (κ2) is 6.59. The molecule has 0 aliphatic heterocycles. The number of anilines is 1. The lowest BCUT2D eigenvalue weighted by Crippen LogP contribution is -2.51. The number of hydrogen-bond donors (Lipinski definition) is 1. The molecule has 0 spiro atoms. The van der Waals surface area contributed by atoms with Crippen molar-refractivity contribution in [2.45, 2.75) is 52.1 Å². The lowest BCUT2D eigenvalue weighted by molar-refractivity contribution is -0.136. The zero-order valence-corrected chi connectivity index (χ0v) is 14.3. The molecule has 1 N–H and O–H groups in total. The van der Waals surface area contributed by atoms with E-state index in [1.54, 1.807) is 7.11 Å². The fourth-order valence-electron chi connectivity index (χ4n) is 2.63. The van der Waals surface area contributed by atoms with Gasteiger partial charge in [-0.15, -0.1) is 0 Å². The van der Waals surface area contributed by atoms with E-state index in [9.17, 15) is 4.79 Å². The molecule has 0 aromatic heterocycles. The van der Waals surface area contributed by atoms with Gasteiger partial charge in [0.05, 0.1) is 7.11 Å². The summed E-state index contributed by atoms with van der Waals surface area (Å²) in [5, 5.41) is 3.36. The van der Waals surface area contributed by atoms with E-state index in [4.69, 9.17) is 4.74 Å². The Morgan fingerprint density at radius 1 is 1.32 bits per heavy atom. The van der Waals surface area contributed by atoms with Crippen molar-refractivity contribution in [1.82, 2.24) is 4.90 Å². The maximum Gasteiger partial charge on any atom is 0.247 e. The van der Waals surface area contributed by atoms with Crippen LogP contribution in [-0.2, 0) is 4.79 Å². The second-order valence-electron chi connectivity index (χ2n) is 7.06. The van der Waals surface area contributed by atoms with Gasteiger partial charge in [-0.05, 0) is 56.9 Å². The van der Waals surface area contributed by atoms with Gasteiger partial charge in [0.25, 0.3) is 0 Å². The molecule has 1 aliphatic carbocycles. The monoisotopic (exact) mass is 304 g/mol. The molecule has 0 saturated heterocycles. The highest BCUT2D eigenvalue weighted by Crippen LogP contribution is 2.30. The molecule has 1 aromatic rings. The number of ether oxygens (including phenoxy) is 1. The SMILES string of the molecule is COc1ccc(NC(C)(C)C(=O)N(CC(C)C)C2CC2)cc1. The first-order valence-electron chi connectivity index (χ1n) is 8.07. The Kier molecular flexibility index (Phi) is 4.99. The predicted octanol–water partition coefficient (Wildman–Crippen LogP) is 3.53. The minimum absolute atomic E-state index is 0.180. The van der Waals surface area contributed by atoms with E-state index in [2.05, 4.69) is 24.1 Å². The van der Waals surface area contributed by atoms with Gasteiger partial charge in [0.2, 0.25) is 5.91 Å². The highest BCUT2D eigenvalue weighted by Gasteiger charge is 2.39. The molecule has 0 atom stereocenters. The number of hydrogen-bond acceptors (Lipinski definition) is 3. The number of methoxy groups -OCH3 is 1. The van der Waals surface area contributed by atoms with Gasteiger partial charge in [-0.1, -0.05) is 13.8 Å². The highest BCUT2D eigenvalue weighted by molar-refractivity contribution is 5.89. The summed E-state index contributed by atoms with van der Waals surface area (Å²) >= 11 is 0. The third-order valence-electron chi connectivity index (χ3n) is 3.89. The predicted molar refractivity (Wildman–Crippen MR) is 90.3 cm³/mol. The second-order valence-corrected chi connectivity index (χ2v) is 7.06. The molecule has 1 saturated carbocycles. The summed E-state index contributed by atoms with van der Waals surface area (Å²) < 4.78 is 5.17. The molecule has 2 rings (SSSR count). The molecule has 0 radical (unpaired) electrons. The molecule has 0 heterocycles. The normalized spacial score (nSPS) is 14.8. The van der Waals surface area contributed by atoms with Crippen molar-refractivity contribution in [3.8, 4) is 5.75 Å². The summed E-state index contributed by atoms with van der Waals surface area (Å²) in [6.07, 6.45) is 2.27. The van der Waals surface area contributed by atoms with Gasteiger partial charge < -0.3 is 15.0 Å². The molecule has 4 heteroatoms. The minimum Gasteiger partial charge on any atom is -0.497 e. The number of benzene rings is 1. The Hall–Kier alpha value is -1.71. The highest BCUT2D eigenvalue weighted by atomic mass is 16.5. The Morgan fingerprint density at radius 3 is 2.36 bits per heavy atom. The molecule has 0 bridgehead atoms. The van der Waals surface area contributed by atoms with Crippen molar-refractivity contribution in [3.63, 3.8) is 0 Å². The molecule has 4 nitrogen and oxygen atoms in total. The Balaban J connectivity index is 2.07. The van der Waals surface area contributed by atoms with Crippen molar-refractivity contribution in [2.24, 2.45) is 5.92 Å². The average Bonchev–Trinajstić information content (AvgIpc) is 3.29. The van der Waals surface area contributed by atoms with Crippen LogP contribution in [0.15, 0.2) is 24.3 Å². The first kappa shape index (κ1) is 16.7. The molecule has 1 amide bonds. The maximum atomic E-state index is 12.9. The quantitative estimate of drug-likeness (QED) is 0.838. The maximum absolute atomic E-state index is 12.9. The minimum atomic E-state index is -0.619. The van der Waals surface area contributed by atoms with E-state index in [1.165, 1.54) is 0 Å². The molecule has 122 valence electrons. The third-order valence-corrected chi connectivity index (χ3v) is 3.89. The van der Waals surface area contributed by atoms with Crippen molar-refractivity contribution >= 4 is 11.6 Å². The van der Waals surface area contributed by atoms with Gasteiger partial charge in [0, 0.05) is 18.3 Å². The van der Waals surface area contributed by atoms with Gasteiger partial charge >= 0.3 is 0 Å². The van der Waals surface area contributed by atoms with Crippen LogP contribution in [0.4, 0.5) is 5.69 Å². The van der Waals surface area contributed by atoms with Crippen molar-refractivity contribution < 1.29 is 9.53 Å². The number of nitrogens with zero attached hydrogens (tertiary/aromatic N) is 1. The Morgan fingerprint density at radius 2 is 1.91 bits per heavy atom. The first-order valence-corrected chi connectivity index (χ1v) is 8.07. The molecule has 1 aliphatic rings. The molecular weight excluding hydrogens is 276 g/mol. The Labute approximate surface area is 133 Å². The smallest absolute Gasteiger partial charge is 0.247 e. The van der Waals surface area contributed by atoms with E-state index in [0.29, 0.717) is 12.0 Å². The van der Waals surface area contributed by atoms with E-state index in [-0.39, 0.29) is 5.91 Å². The largest absolute Gasteiger partial charge is 0.497 e. The van der Waals surface area contributed by atoms with Crippen LogP contribution in [0.3, 0.4) is 0 Å². The fourth-order valence-corrected chi connectivity index (χ4v) is 2.63. The summed E-state index contributed by atoms with van der Waals surface area (Å²) in [5.41, 5.74) is 0.311. The summed E-state index contributed by atoms with van der Waals surface area (Å²) in [7, 11) is 1.65.